The number of nitro benzene ring substituents is 1. The Morgan fingerprint density at radius 3 is 2.52 bits per heavy atom. The number of hydrogen-bond acceptors (Lipinski definition) is 5. The number of esters is 1. The number of carbonyl (C=O) groups excluding carboxylic acids is 1. The van der Waals surface area contributed by atoms with Gasteiger partial charge in [0, 0.05) is 16.1 Å². The Balaban J connectivity index is 2.10. The number of nitro groups is 1. The predicted molar refractivity (Wildman–Crippen MR) is 123 cm³/mol. The summed E-state index contributed by atoms with van der Waals surface area (Å²) in [6, 6.07) is 9.75. The second kappa shape index (κ2) is 9.81. The number of hydrogen-bond donors (Lipinski definition) is 0. The molecule has 3 atom stereocenters. The van der Waals surface area contributed by atoms with Crippen molar-refractivity contribution in [3.8, 4) is 16.9 Å². The van der Waals surface area contributed by atoms with Crippen molar-refractivity contribution in [1.29, 1.82) is 0 Å². The zero-order valence-electron chi connectivity index (χ0n) is 18.3. The highest BCUT2D eigenvalue weighted by Gasteiger charge is 2.36. The fraction of sp³-hybridized carbons (Fsp3) is 0.458. The van der Waals surface area contributed by atoms with E-state index in [0.717, 1.165) is 19.3 Å². The van der Waals surface area contributed by atoms with Crippen LogP contribution in [0.4, 0.5) is 5.69 Å². The minimum absolute atomic E-state index is 0.112. The van der Waals surface area contributed by atoms with Crippen LogP contribution >= 0.6 is 15.9 Å². The Morgan fingerprint density at radius 1 is 1.16 bits per heavy atom. The molecule has 0 aromatic heterocycles. The summed E-state index contributed by atoms with van der Waals surface area (Å²) in [6.45, 7) is 6.44. The van der Waals surface area contributed by atoms with Gasteiger partial charge in [-0.1, -0.05) is 39.3 Å². The van der Waals surface area contributed by atoms with Gasteiger partial charge in [0.1, 0.15) is 11.9 Å². The lowest BCUT2D eigenvalue weighted by atomic mass is 9.74. The lowest BCUT2D eigenvalue weighted by molar-refractivity contribution is -0.384. The maximum absolute atomic E-state index is 13.4. The zero-order chi connectivity index (χ0) is 22.7. The molecule has 0 N–H and O–H groups in total. The van der Waals surface area contributed by atoms with Crippen molar-refractivity contribution in [1.82, 2.24) is 0 Å². The van der Waals surface area contributed by atoms with E-state index in [4.69, 9.17) is 9.47 Å². The molecule has 3 rings (SSSR count). The third-order valence-corrected chi connectivity index (χ3v) is 6.84. The van der Waals surface area contributed by atoms with Crippen molar-refractivity contribution in [3.63, 3.8) is 0 Å². The van der Waals surface area contributed by atoms with E-state index in [1.807, 2.05) is 0 Å². The van der Waals surface area contributed by atoms with Gasteiger partial charge in [-0.2, -0.15) is 0 Å². The van der Waals surface area contributed by atoms with E-state index in [2.05, 4.69) is 36.7 Å². The number of rotatable bonds is 6. The Kier molecular flexibility index (Phi) is 7.36. The average Bonchev–Trinajstić information content (AvgIpc) is 2.74. The van der Waals surface area contributed by atoms with Crippen molar-refractivity contribution in [2.75, 3.05) is 7.11 Å². The summed E-state index contributed by atoms with van der Waals surface area (Å²) >= 11 is 3.42. The van der Waals surface area contributed by atoms with Crippen LogP contribution in [0.25, 0.3) is 11.1 Å². The van der Waals surface area contributed by atoms with E-state index in [1.54, 1.807) is 30.3 Å². The SMILES string of the molecule is COc1cccc(C(=O)O[C@@H]2[C@H](C)CCC[C@H]2C(C)C)c1-c1c(Br)cccc1[N+](=O)[O-]. The van der Waals surface area contributed by atoms with Gasteiger partial charge in [-0.3, -0.25) is 10.1 Å². The molecule has 31 heavy (non-hydrogen) atoms. The fourth-order valence-electron chi connectivity index (χ4n) is 4.57. The topological polar surface area (TPSA) is 78.7 Å². The monoisotopic (exact) mass is 489 g/mol. The van der Waals surface area contributed by atoms with Crippen molar-refractivity contribution in [2.24, 2.45) is 17.8 Å². The average molecular weight is 490 g/mol. The molecule has 1 aliphatic rings. The molecule has 0 saturated heterocycles. The fourth-order valence-corrected chi connectivity index (χ4v) is 5.12. The summed E-state index contributed by atoms with van der Waals surface area (Å²) in [5, 5.41) is 11.7. The highest BCUT2D eigenvalue weighted by Crippen LogP contribution is 2.44. The first-order valence-corrected chi connectivity index (χ1v) is 11.4. The molecule has 1 aliphatic carbocycles. The normalized spacial score (nSPS) is 21.0. The number of carbonyl (C=O) groups is 1. The molecule has 1 fully saturated rings. The van der Waals surface area contributed by atoms with E-state index in [1.165, 1.54) is 13.2 Å². The summed E-state index contributed by atoms with van der Waals surface area (Å²) < 4.78 is 12.1. The van der Waals surface area contributed by atoms with Gasteiger partial charge in [0.25, 0.3) is 5.69 Å². The number of nitrogens with zero attached hydrogens (tertiary/aromatic N) is 1. The summed E-state index contributed by atoms with van der Waals surface area (Å²) in [7, 11) is 1.48. The molecular weight excluding hydrogens is 462 g/mol. The summed E-state index contributed by atoms with van der Waals surface area (Å²) in [5.74, 6) is 0.844. The number of halogens is 1. The minimum Gasteiger partial charge on any atom is -0.496 e. The standard InChI is InChI=1S/C24H28BrNO5/c1-14(2)16-9-5-8-15(3)23(16)31-24(27)17-10-6-13-20(30-4)21(17)22-18(25)11-7-12-19(22)26(28)29/h6-7,10-16,23H,5,8-9H2,1-4H3/t15-,16+,23-/m1/s1. The van der Waals surface area contributed by atoms with Crippen molar-refractivity contribution >= 4 is 27.6 Å². The highest BCUT2D eigenvalue weighted by molar-refractivity contribution is 9.10. The minimum atomic E-state index is -0.483. The van der Waals surface area contributed by atoms with Crippen LogP contribution in [0.15, 0.2) is 40.9 Å². The highest BCUT2D eigenvalue weighted by atomic mass is 79.9. The van der Waals surface area contributed by atoms with E-state index in [-0.39, 0.29) is 23.3 Å². The Morgan fingerprint density at radius 2 is 1.87 bits per heavy atom. The summed E-state index contributed by atoms with van der Waals surface area (Å²) in [4.78, 5) is 24.7. The predicted octanol–water partition coefficient (Wildman–Crippen LogP) is 6.65. The third-order valence-electron chi connectivity index (χ3n) is 6.18. The summed E-state index contributed by atoms with van der Waals surface area (Å²) in [6.07, 6.45) is 2.99. The lowest BCUT2D eigenvalue weighted by Gasteiger charge is -2.38. The van der Waals surface area contributed by atoms with Crippen LogP contribution in [0.1, 0.15) is 50.4 Å². The van der Waals surface area contributed by atoms with Gasteiger partial charge in [-0.25, -0.2) is 4.79 Å². The number of benzene rings is 2. The van der Waals surface area contributed by atoms with Gasteiger partial charge in [-0.05, 0) is 64.7 Å². The molecule has 0 heterocycles. The molecule has 0 bridgehead atoms. The van der Waals surface area contributed by atoms with Gasteiger partial charge in [0.15, 0.2) is 0 Å². The van der Waals surface area contributed by atoms with Gasteiger partial charge in [-0.15, -0.1) is 0 Å². The lowest BCUT2D eigenvalue weighted by Crippen LogP contribution is -2.38. The quantitative estimate of drug-likeness (QED) is 0.257. The van der Waals surface area contributed by atoms with Crippen LogP contribution in [0.3, 0.4) is 0 Å². The molecular formula is C24H28BrNO5. The maximum Gasteiger partial charge on any atom is 0.339 e. The van der Waals surface area contributed by atoms with Crippen LogP contribution in [-0.2, 0) is 4.74 Å². The third kappa shape index (κ3) is 4.76. The number of methoxy groups -OCH3 is 1. The first-order chi connectivity index (χ1) is 14.8. The molecule has 166 valence electrons. The molecule has 6 nitrogen and oxygen atoms in total. The first kappa shape index (κ1) is 23.3. The molecule has 2 aromatic carbocycles. The second-order valence-electron chi connectivity index (χ2n) is 8.46. The van der Waals surface area contributed by atoms with Crippen LogP contribution in [-0.4, -0.2) is 24.1 Å². The molecule has 0 unspecified atom stereocenters. The van der Waals surface area contributed by atoms with Gasteiger partial charge in [0.05, 0.1) is 23.2 Å². The molecule has 0 spiro atoms. The molecule has 0 radical (unpaired) electrons. The van der Waals surface area contributed by atoms with E-state index in [9.17, 15) is 14.9 Å². The Labute approximate surface area is 191 Å². The van der Waals surface area contributed by atoms with Crippen LogP contribution < -0.4 is 4.74 Å². The van der Waals surface area contributed by atoms with E-state index in [0.29, 0.717) is 33.2 Å². The van der Waals surface area contributed by atoms with Gasteiger partial charge in [0.2, 0.25) is 0 Å². The molecule has 2 aromatic rings. The van der Waals surface area contributed by atoms with Crippen molar-refractivity contribution in [3.05, 3.63) is 56.5 Å². The molecule has 1 saturated carbocycles. The van der Waals surface area contributed by atoms with E-state index < -0.39 is 10.9 Å². The Bertz CT molecular complexity index is 974. The maximum atomic E-state index is 13.4. The van der Waals surface area contributed by atoms with Crippen LogP contribution in [0.2, 0.25) is 0 Å². The molecule has 0 amide bonds. The molecule has 0 aliphatic heterocycles. The van der Waals surface area contributed by atoms with Crippen LogP contribution in [0.5, 0.6) is 5.75 Å². The zero-order valence-corrected chi connectivity index (χ0v) is 19.8. The van der Waals surface area contributed by atoms with Crippen molar-refractivity contribution < 1.29 is 19.2 Å². The van der Waals surface area contributed by atoms with Gasteiger partial charge >= 0.3 is 5.97 Å². The van der Waals surface area contributed by atoms with Crippen molar-refractivity contribution in [2.45, 2.75) is 46.1 Å². The van der Waals surface area contributed by atoms with Gasteiger partial charge < -0.3 is 9.47 Å². The smallest absolute Gasteiger partial charge is 0.339 e. The Hall–Kier alpha value is -2.41. The second-order valence-corrected chi connectivity index (χ2v) is 9.31. The number of ether oxygens (including phenoxy) is 2. The summed E-state index contributed by atoms with van der Waals surface area (Å²) in [5.41, 5.74) is 0.807. The molecule has 7 heteroatoms. The first-order valence-electron chi connectivity index (χ1n) is 10.6. The van der Waals surface area contributed by atoms with E-state index >= 15 is 0 Å². The largest absolute Gasteiger partial charge is 0.496 e. The van der Waals surface area contributed by atoms with Crippen LogP contribution in [0, 0.1) is 27.9 Å².